The molecule has 0 fully saturated rings. The molecule has 9 heteroatoms. The standard InChI is InChI=1S/C21H23N5O4/c1-12(27)10-25-11-15(9-23-25)26-13(2)19-16(21(26)28)5-6-17(24-19)14-7-18(29-3)20(30-4)22-8-14/h5-9,11-13,27H,10H2,1-4H3/t12-,13?/m1/s1. The summed E-state index contributed by atoms with van der Waals surface area (Å²) in [5.41, 5.74) is 3.37. The largest absolute Gasteiger partial charge is 0.491 e. The summed E-state index contributed by atoms with van der Waals surface area (Å²) >= 11 is 0. The van der Waals surface area contributed by atoms with E-state index in [-0.39, 0.29) is 11.9 Å². The number of anilines is 1. The molecule has 0 bridgehead atoms. The summed E-state index contributed by atoms with van der Waals surface area (Å²) in [5.74, 6) is 0.776. The van der Waals surface area contributed by atoms with Crippen LogP contribution < -0.4 is 14.4 Å². The second-order valence-corrected chi connectivity index (χ2v) is 7.19. The highest BCUT2D eigenvalue weighted by Gasteiger charge is 2.37. The maximum atomic E-state index is 13.0. The molecule has 1 amide bonds. The van der Waals surface area contributed by atoms with Gasteiger partial charge >= 0.3 is 0 Å². The summed E-state index contributed by atoms with van der Waals surface area (Å²) in [5, 5.41) is 13.8. The van der Waals surface area contributed by atoms with Crippen molar-refractivity contribution in [3.63, 3.8) is 0 Å². The second-order valence-electron chi connectivity index (χ2n) is 7.19. The third kappa shape index (κ3) is 3.37. The summed E-state index contributed by atoms with van der Waals surface area (Å²) in [7, 11) is 3.08. The molecule has 1 aliphatic rings. The number of ether oxygens (including phenoxy) is 2. The quantitative estimate of drug-likeness (QED) is 0.667. The predicted octanol–water partition coefficient (Wildman–Crippen LogP) is 2.46. The fourth-order valence-corrected chi connectivity index (χ4v) is 3.62. The van der Waals surface area contributed by atoms with Gasteiger partial charge in [-0.3, -0.25) is 14.4 Å². The Balaban J connectivity index is 1.67. The zero-order chi connectivity index (χ0) is 21.4. The molecule has 0 spiro atoms. The Kier molecular flexibility index (Phi) is 5.13. The number of fused-ring (bicyclic) bond motifs is 1. The van der Waals surface area contributed by atoms with Gasteiger partial charge in [-0.1, -0.05) is 0 Å². The van der Waals surface area contributed by atoms with Crippen LogP contribution in [0.5, 0.6) is 11.6 Å². The first-order valence-corrected chi connectivity index (χ1v) is 9.56. The monoisotopic (exact) mass is 409 g/mol. The second kappa shape index (κ2) is 7.75. The number of rotatable bonds is 6. The lowest BCUT2D eigenvalue weighted by Gasteiger charge is -2.19. The van der Waals surface area contributed by atoms with Gasteiger partial charge in [-0.05, 0) is 32.0 Å². The molecule has 1 N–H and O–H groups in total. The van der Waals surface area contributed by atoms with Gasteiger partial charge in [-0.25, -0.2) is 9.97 Å². The van der Waals surface area contributed by atoms with Crippen LogP contribution in [0, 0.1) is 0 Å². The molecule has 2 atom stereocenters. The van der Waals surface area contributed by atoms with Crippen LogP contribution in [0.25, 0.3) is 11.3 Å². The van der Waals surface area contributed by atoms with Gasteiger partial charge in [0.25, 0.3) is 11.8 Å². The molecule has 0 aliphatic carbocycles. The minimum Gasteiger partial charge on any atom is -0.491 e. The average molecular weight is 409 g/mol. The van der Waals surface area contributed by atoms with Crippen LogP contribution in [0.1, 0.15) is 35.9 Å². The van der Waals surface area contributed by atoms with Crippen LogP contribution in [0.4, 0.5) is 5.69 Å². The minimum absolute atomic E-state index is 0.126. The fourth-order valence-electron chi connectivity index (χ4n) is 3.62. The Hall–Kier alpha value is -3.46. The number of amides is 1. The van der Waals surface area contributed by atoms with Crippen molar-refractivity contribution in [2.45, 2.75) is 32.5 Å². The van der Waals surface area contributed by atoms with Crippen molar-refractivity contribution in [3.05, 3.63) is 48.0 Å². The fraction of sp³-hybridized carbons (Fsp3) is 0.333. The summed E-state index contributed by atoms with van der Waals surface area (Å²) < 4.78 is 12.1. The Labute approximate surface area is 173 Å². The zero-order valence-electron chi connectivity index (χ0n) is 17.2. The first-order valence-electron chi connectivity index (χ1n) is 9.56. The van der Waals surface area contributed by atoms with E-state index in [1.54, 1.807) is 60.4 Å². The first kappa shape index (κ1) is 19.8. The van der Waals surface area contributed by atoms with Gasteiger partial charge in [0, 0.05) is 18.0 Å². The number of nitrogens with zero attached hydrogens (tertiary/aromatic N) is 5. The van der Waals surface area contributed by atoms with E-state index in [1.165, 1.54) is 7.11 Å². The number of hydrogen-bond donors (Lipinski definition) is 1. The molecule has 4 heterocycles. The number of aliphatic hydroxyl groups excluding tert-OH is 1. The van der Waals surface area contributed by atoms with E-state index in [1.807, 2.05) is 6.92 Å². The van der Waals surface area contributed by atoms with E-state index in [0.29, 0.717) is 40.8 Å². The van der Waals surface area contributed by atoms with Crippen molar-refractivity contribution < 1.29 is 19.4 Å². The molecule has 0 saturated carbocycles. The minimum atomic E-state index is -0.527. The van der Waals surface area contributed by atoms with Crippen LogP contribution in [0.15, 0.2) is 36.8 Å². The summed E-state index contributed by atoms with van der Waals surface area (Å²) in [6.07, 6.45) is 4.52. The van der Waals surface area contributed by atoms with E-state index in [0.717, 1.165) is 5.56 Å². The molecule has 3 aromatic rings. The van der Waals surface area contributed by atoms with Crippen LogP contribution in [-0.4, -0.2) is 51.1 Å². The van der Waals surface area contributed by atoms with Gasteiger partial charge < -0.3 is 14.6 Å². The molecule has 9 nitrogen and oxygen atoms in total. The summed E-state index contributed by atoms with van der Waals surface area (Å²) in [6, 6.07) is 5.13. The molecule has 1 unspecified atom stereocenters. The van der Waals surface area contributed by atoms with E-state index in [4.69, 9.17) is 14.5 Å². The first-order chi connectivity index (χ1) is 14.4. The number of pyridine rings is 2. The smallest absolute Gasteiger partial charge is 0.260 e. The van der Waals surface area contributed by atoms with Crippen molar-refractivity contribution >= 4 is 11.6 Å². The maximum Gasteiger partial charge on any atom is 0.260 e. The average Bonchev–Trinajstić information content (AvgIpc) is 3.28. The van der Waals surface area contributed by atoms with Crippen LogP contribution >= 0.6 is 0 Å². The van der Waals surface area contributed by atoms with E-state index >= 15 is 0 Å². The van der Waals surface area contributed by atoms with Gasteiger partial charge in [0.15, 0.2) is 5.75 Å². The van der Waals surface area contributed by atoms with Crippen LogP contribution in [0.3, 0.4) is 0 Å². The van der Waals surface area contributed by atoms with E-state index in [2.05, 4.69) is 10.1 Å². The number of carbonyl (C=O) groups excluding carboxylic acids is 1. The zero-order valence-corrected chi connectivity index (χ0v) is 17.2. The Morgan fingerprint density at radius 1 is 1.23 bits per heavy atom. The number of hydrogen-bond acceptors (Lipinski definition) is 7. The molecule has 156 valence electrons. The highest BCUT2D eigenvalue weighted by molar-refractivity contribution is 6.10. The van der Waals surface area contributed by atoms with Gasteiger partial charge in [-0.15, -0.1) is 0 Å². The van der Waals surface area contributed by atoms with E-state index < -0.39 is 6.10 Å². The Morgan fingerprint density at radius 3 is 2.73 bits per heavy atom. The molecular weight excluding hydrogens is 386 g/mol. The van der Waals surface area contributed by atoms with Gasteiger partial charge in [0.05, 0.1) is 61.7 Å². The molecule has 30 heavy (non-hydrogen) atoms. The highest BCUT2D eigenvalue weighted by atomic mass is 16.5. The lowest BCUT2D eigenvalue weighted by molar-refractivity contribution is 0.0992. The van der Waals surface area contributed by atoms with E-state index in [9.17, 15) is 9.90 Å². The van der Waals surface area contributed by atoms with Gasteiger partial charge in [0.2, 0.25) is 0 Å². The maximum absolute atomic E-state index is 13.0. The third-order valence-electron chi connectivity index (χ3n) is 5.03. The molecule has 4 rings (SSSR count). The Morgan fingerprint density at radius 2 is 2.03 bits per heavy atom. The van der Waals surface area contributed by atoms with Crippen LogP contribution in [0.2, 0.25) is 0 Å². The number of aromatic nitrogens is 4. The van der Waals surface area contributed by atoms with Crippen molar-refractivity contribution in [3.8, 4) is 22.9 Å². The SMILES string of the molecule is COc1cc(-c2ccc3c(n2)C(C)N(c2cnn(C[C@@H](C)O)c2)C3=O)cnc1OC. The molecule has 0 saturated heterocycles. The van der Waals surface area contributed by atoms with Crippen molar-refractivity contribution in [1.82, 2.24) is 19.7 Å². The number of methoxy groups -OCH3 is 2. The topological polar surface area (TPSA) is 103 Å². The molecule has 0 radical (unpaired) electrons. The highest BCUT2D eigenvalue weighted by Crippen LogP contribution is 2.37. The summed E-state index contributed by atoms with van der Waals surface area (Å²) in [6.45, 7) is 3.98. The van der Waals surface area contributed by atoms with Crippen molar-refractivity contribution in [2.75, 3.05) is 19.1 Å². The van der Waals surface area contributed by atoms with Crippen LogP contribution in [-0.2, 0) is 6.54 Å². The normalized spacial score (nSPS) is 16.5. The molecule has 1 aliphatic heterocycles. The van der Waals surface area contributed by atoms with Gasteiger partial charge in [0.1, 0.15) is 0 Å². The predicted molar refractivity (Wildman–Crippen MR) is 110 cm³/mol. The van der Waals surface area contributed by atoms with Crippen molar-refractivity contribution in [1.29, 1.82) is 0 Å². The third-order valence-corrected chi connectivity index (χ3v) is 5.03. The Bertz CT molecular complexity index is 1090. The molecule has 3 aromatic heterocycles. The number of carbonyl (C=O) groups is 1. The lowest BCUT2D eigenvalue weighted by Crippen LogP contribution is -2.25. The number of aliphatic hydroxyl groups is 1. The molecular formula is C21H23N5O4. The summed E-state index contributed by atoms with van der Waals surface area (Å²) in [4.78, 5) is 23.7. The lowest BCUT2D eigenvalue weighted by atomic mass is 10.1. The van der Waals surface area contributed by atoms with Gasteiger partial charge in [-0.2, -0.15) is 5.10 Å². The molecule has 0 aromatic carbocycles. The van der Waals surface area contributed by atoms with Crippen molar-refractivity contribution in [2.24, 2.45) is 0 Å².